The molecule has 66 valence electrons. The maximum Gasteiger partial charge on any atom is 0.103 e. The summed E-state index contributed by atoms with van der Waals surface area (Å²) < 4.78 is 0. The van der Waals surface area contributed by atoms with Crippen LogP contribution in [0.3, 0.4) is 0 Å². The van der Waals surface area contributed by atoms with Gasteiger partial charge in [-0.25, -0.2) is 0 Å². The SMILES string of the molecule is c1ccc(CNc2ccc[nH]2)cc1. The van der Waals surface area contributed by atoms with Crippen molar-refractivity contribution >= 4 is 5.82 Å². The summed E-state index contributed by atoms with van der Waals surface area (Å²) >= 11 is 0. The third-order valence-corrected chi connectivity index (χ3v) is 1.92. The van der Waals surface area contributed by atoms with Gasteiger partial charge < -0.3 is 10.3 Å². The molecule has 2 N–H and O–H groups in total. The van der Waals surface area contributed by atoms with E-state index >= 15 is 0 Å². The Morgan fingerprint density at radius 3 is 2.54 bits per heavy atom. The van der Waals surface area contributed by atoms with E-state index in [1.54, 1.807) is 0 Å². The number of aromatic nitrogens is 1. The van der Waals surface area contributed by atoms with Crippen LogP contribution in [0.25, 0.3) is 0 Å². The molecule has 0 aliphatic rings. The average Bonchev–Trinajstić information content (AvgIpc) is 2.69. The first kappa shape index (κ1) is 7.92. The van der Waals surface area contributed by atoms with Crippen molar-refractivity contribution in [3.8, 4) is 0 Å². The van der Waals surface area contributed by atoms with E-state index in [1.807, 2.05) is 36.5 Å². The zero-order chi connectivity index (χ0) is 8.93. The molecule has 13 heavy (non-hydrogen) atoms. The Kier molecular flexibility index (Phi) is 2.32. The quantitative estimate of drug-likeness (QED) is 0.731. The van der Waals surface area contributed by atoms with E-state index in [-0.39, 0.29) is 0 Å². The lowest BCUT2D eigenvalue weighted by Crippen LogP contribution is -1.98. The molecule has 2 rings (SSSR count). The molecule has 1 aromatic carbocycles. The summed E-state index contributed by atoms with van der Waals surface area (Å²) in [5, 5.41) is 3.29. The number of nitrogens with one attached hydrogen (secondary N) is 2. The minimum atomic E-state index is 0.862. The number of rotatable bonds is 3. The Balaban J connectivity index is 1.94. The predicted octanol–water partition coefficient (Wildman–Crippen LogP) is 2.63. The van der Waals surface area contributed by atoms with Gasteiger partial charge in [0.2, 0.25) is 0 Å². The third-order valence-electron chi connectivity index (χ3n) is 1.92. The molecule has 0 unspecified atom stereocenters. The highest BCUT2D eigenvalue weighted by Gasteiger charge is 1.91. The number of hydrogen-bond acceptors (Lipinski definition) is 1. The standard InChI is InChI=1S/C11H12N2/c1-2-5-10(6-3-1)9-13-11-7-4-8-12-11/h1-8,12-13H,9H2. The number of anilines is 1. The second kappa shape index (κ2) is 3.81. The molecule has 0 amide bonds. The summed E-state index contributed by atoms with van der Waals surface area (Å²) in [4.78, 5) is 3.10. The topological polar surface area (TPSA) is 27.8 Å². The average molecular weight is 172 g/mol. The van der Waals surface area contributed by atoms with E-state index < -0.39 is 0 Å². The maximum atomic E-state index is 3.29. The highest BCUT2D eigenvalue weighted by molar-refractivity contribution is 5.35. The van der Waals surface area contributed by atoms with E-state index in [0.717, 1.165) is 12.4 Å². The first-order chi connectivity index (χ1) is 6.45. The first-order valence-electron chi connectivity index (χ1n) is 4.36. The minimum Gasteiger partial charge on any atom is -0.368 e. The van der Waals surface area contributed by atoms with Gasteiger partial charge in [-0.1, -0.05) is 30.3 Å². The van der Waals surface area contributed by atoms with Gasteiger partial charge in [0.15, 0.2) is 0 Å². The van der Waals surface area contributed by atoms with Crippen molar-refractivity contribution in [2.75, 3.05) is 5.32 Å². The van der Waals surface area contributed by atoms with Crippen molar-refractivity contribution in [2.45, 2.75) is 6.54 Å². The van der Waals surface area contributed by atoms with Crippen LogP contribution in [0.15, 0.2) is 48.7 Å². The van der Waals surface area contributed by atoms with E-state index in [1.165, 1.54) is 5.56 Å². The van der Waals surface area contributed by atoms with Crippen LogP contribution in [-0.2, 0) is 6.54 Å². The molecule has 0 aliphatic heterocycles. The fraction of sp³-hybridized carbons (Fsp3) is 0.0909. The van der Waals surface area contributed by atoms with Crippen molar-refractivity contribution in [3.05, 3.63) is 54.2 Å². The maximum absolute atomic E-state index is 3.29. The summed E-state index contributed by atoms with van der Waals surface area (Å²) in [5.41, 5.74) is 1.29. The summed E-state index contributed by atoms with van der Waals surface area (Å²) in [6.07, 6.45) is 1.91. The van der Waals surface area contributed by atoms with E-state index in [4.69, 9.17) is 0 Å². The lowest BCUT2D eigenvalue weighted by Gasteiger charge is -2.02. The molecule has 0 saturated heterocycles. The zero-order valence-corrected chi connectivity index (χ0v) is 7.33. The van der Waals surface area contributed by atoms with E-state index in [0.29, 0.717) is 0 Å². The predicted molar refractivity (Wildman–Crippen MR) is 54.6 cm³/mol. The second-order valence-corrected chi connectivity index (χ2v) is 2.92. The molecule has 0 radical (unpaired) electrons. The van der Waals surface area contributed by atoms with Gasteiger partial charge in [0, 0.05) is 12.7 Å². The van der Waals surface area contributed by atoms with Gasteiger partial charge in [0.05, 0.1) is 0 Å². The van der Waals surface area contributed by atoms with Crippen molar-refractivity contribution in [2.24, 2.45) is 0 Å². The Bertz CT molecular complexity index is 338. The number of aromatic amines is 1. The molecule has 0 atom stereocenters. The number of hydrogen-bond donors (Lipinski definition) is 2. The molecule has 2 heteroatoms. The van der Waals surface area contributed by atoms with Crippen LogP contribution < -0.4 is 5.32 Å². The summed E-state index contributed by atoms with van der Waals surface area (Å²) in [6, 6.07) is 14.3. The van der Waals surface area contributed by atoms with Crippen LogP contribution in [-0.4, -0.2) is 4.98 Å². The molecular weight excluding hydrogens is 160 g/mol. The Hall–Kier alpha value is -1.70. The highest BCUT2D eigenvalue weighted by atomic mass is 15.0. The number of H-pyrrole nitrogens is 1. The van der Waals surface area contributed by atoms with Crippen molar-refractivity contribution in [1.29, 1.82) is 0 Å². The van der Waals surface area contributed by atoms with Crippen LogP contribution in [0.5, 0.6) is 0 Å². The van der Waals surface area contributed by atoms with Crippen molar-refractivity contribution in [3.63, 3.8) is 0 Å². The van der Waals surface area contributed by atoms with E-state index in [2.05, 4.69) is 22.4 Å². The van der Waals surface area contributed by atoms with Gasteiger partial charge in [0.25, 0.3) is 0 Å². The Morgan fingerprint density at radius 2 is 1.85 bits per heavy atom. The van der Waals surface area contributed by atoms with Gasteiger partial charge in [0.1, 0.15) is 5.82 Å². The smallest absolute Gasteiger partial charge is 0.103 e. The molecule has 0 saturated carbocycles. The van der Waals surface area contributed by atoms with Crippen LogP contribution in [0.4, 0.5) is 5.82 Å². The number of benzene rings is 1. The van der Waals surface area contributed by atoms with E-state index in [9.17, 15) is 0 Å². The Labute approximate surface area is 77.6 Å². The second-order valence-electron chi connectivity index (χ2n) is 2.92. The van der Waals surface area contributed by atoms with Gasteiger partial charge in [-0.15, -0.1) is 0 Å². The molecule has 0 fully saturated rings. The van der Waals surface area contributed by atoms with Crippen LogP contribution >= 0.6 is 0 Å². The summed E-state index contributed by atoms with van der Waals surface area (Å²) in [6.45, 7) is 0.862. The van der Waals surface area contributed by atoms with Gasteiger partial charge >= 0.3 is 0 Å². The molecule has 1 aromatic heterocycles. The van der Waals surface area contributed by atoms with Crippen LogP contribution in [0.1, 0.15) is 5.56 Å². The van der Waals surface area contributed by atoms with Gasteiger partial charge in [-0.2, -0.15) is 0 Å². The summed E-state index contributed by atoms with van der Waals surface area (Å²) in [7, 11) is 0. The molecule has 0 bridgehead atoms. The van der Waals surface area contributed by atoms with Crippen molar-refractivity contribution < 1.29 is 0 Å². The molecule has 2 nitrogen and oxygen atoms in total. The normalized spacial score (nSPS) is 9.85. The molecule has 2 aromatic rings. The monoisotopic (exact) mass is 172 g/mol. The first-order valence-corrected chi connectivity index (χ1v) is 4.36. The van der Waals surface area contributed by atoms with Crippen molar-refractivity contribution in [1.82, 2.24) is 4.98 Å². The molecular formula is C11H12N2. The highest BCUT2D eigenvalue weighted by Crippen LogP contribution is 2.05. The molecule has 1 heterocycles. The van der Waals surface area contributed by atoms with Gasteiger partial charge in [-0.05, 0) is 17.7 Å². The van der Waals surface area contributed by atoms with Crippen LogP contribution in [0, 0.1) is 0 Å². The summed E-state index contributed by atoms with van der Waals surface area (Å²) in [5.74, 6) is 1.06. The minimum absolute atomic E-state index is 0.862. The van der Waals surface area contributed by atoms with Gasteiger partial charge in [-0.3, -0.25) is 0 Å². The zero-order valence-electron chi connectivity index (χ0n) is 7.33. The molecule has 0 spiro atoms. The fourth-order valence-corrected chi connectivity index (χ4v) is 1.23. The fourth-order valence-electron chi connectivity index (χ4n) is 1.23. The largest absolute Gasteiger partial charge is 0.368 e. The third kappa shape index (κ3) is 2.12. The lowest BCUT2D eigenvalue weighted by atomic mass is 10.2. The lowest BCUT2D eigenvalue weighted by molar-refractivity contribution is 1.12. The van der Waals surface area contributed by atoms with Crippen LogP contribution in [0.2, 0.25) is 0 Å². The Morgan fingerprint density at radius 1 is 1.00 bits per heavy atom. The molecule has 0 aliphatic carbocycles.